The fraction of sp³-hybridized carbons (Fsp3) is 0.250. The minimum atomic E-state index is 0.324. The van der Waals surface area contributed by atoms with Crippen molar-refractivity contribution in [1.82, 2.24) is 0 Å². The van der Waals surface area contributed by atoms with Crippen molar-refractivity contribution < 1.29 is 0 Å². The first-order valence-corrected chi connectivity index (χ1v) is 5.76. The zero-order valence-electron chi connectivity index (χ0n) is 10.0. The van der Waals surface area contributed by atoms with Crippen LogP contribution in [-0.4, -0.2) is 0 Å². The highest BCUT2D eigenvalue weighted by Gasteiger charge is 2.24. The average Bonchev–Trinajstić information content (AvgIpc) is 2.27. The van der Waals surface area contributed by atoms with E-state index in [-0.39, 0.29) is 0 Å². The zero-order valence-corrected chi connectivity index (χ0v) is 10.0. The summed E-state index contributed by atoms with van der Waals surface area (Å²) in [6.45, 7) is 12.5. The van der Waals surface area contributed by atoms with Crippen LogP contribution in [0.1, 0.15) is 13.8 Å². The Morgan fingerprint density at radius 1 is 1.31 bits per heavy atom. The predicted octanol–water partition coefficient (Wildman–Crippen LogP) is 4.36. The summed E-state index contributed by atoms with van der Waals surface area (Å²) < 4.78 is 0. The van der Waals surface area contributed by atoms with Crippen LogP contribution in [0.15, 0.2) is 71.9 Å². The molecule has 0 aromatic rings. The van der Waals surface area contributed by atoms with Crippen LogP contribution < -0.4 is 0 Å². The largest absolute Gasteiger partial charge is 0.0988 e. The topological polar surface area (TPSA) is 0 Å². The first kappa shape index (κ1) is 10.9. The quantitative estimate of drug-likeness (QED) is 0.635. The molecule has 2 aliphatic rings. The second-order valence-electron chi connectivity index (χ2n) is 4.68. The third kappa shape index (κ3) is 1.76. The lowest BCUT2D eigenvalue weighted by molar-refractivity contribution is 0.766. The highest BCUT2D eigenvalue weighted by atomic mass is 14.3. The molecule has 0 bridgehead atoms. The summed E-state index contributed by atoms with van der Waals surface area (Å²) in [4.78, 5) is 0. The van der Waals surface area contributed by atoms with Crippen LogP contribution in [0.3, 0.4) is 0 Å². The summed E-state index contributed by atoms with van der Waals surface area (Å²) in [5, 5.41) is 0. The van der Waals surface area contributed by atoms with E-state index in [9.17, 15) is 0 Å². The maximum atomic E-state index is 4.19. The standard InChI is InChI=1S/C16H18/c1-5-13-7-6-8-14-10-15(11(2)3)9-12(4)16(13)14/h5-11,16H,1,4H2,2-3H3. The Hall–Kier alpha value is -1.56. The maximum Gasteiger partial charge on any atom is 0.0334 e. The fourth-order valence-electron chi connectivity index (χ4n) is 2.27. The predicted molar refractivity (Wildman–Crippen MR) is 71.1 cm³/mol. The number of hydrogen-bond donors (Lipinski definition) is 0. The van der Waals surface area contributed by atoms with Gasteiger partial charge < -0.3 is 0 Å². The van der Waals surface area contributed by atoms with Gasteiger partial charge in [0.05, 0.1) is 0 Å². The lowest BCUT2D eigenvalue weighted by atomic mass is 9.76. The van der Waals surface area contributed by atoms with Gasteiger partial charge in [0.25, 0.3) is 0 Å². The Morgan fingerprint density at radius 2 is 2.06 bits per heavy atom. The van der Waals surface area contributed by atoms with Crippen molar-refractivity contribution in [1.29, 1.82) is 0 Å². The number of allylic oxidation sites excluding steroid dienone is 10. The monoisotopic (exact) mass is 210 g/mol. The highest BCUT2D eigenvalue weighted by Crippen LogP contribution is 2.38. The summed E-state index contributed by atoms with van der Waals surface area (Å²) in [5.41, 5.74) is 5.13. The Bertz CT molecular complexity index is 450. The molecule has 1 unspecified atom stereocenters. The lowest BCUT2D eigenvalue weighted by Gasteiger charge is -2.28. The van der Waals surface area contributed by atoms with Gasteiger partial charge in [0.2, 0.25) is 0 Å². The molecule has 0 heteroatoms. The van der Waals surface area contributed by atoms with Crippen molar-refractivity contribution in [3.8, 4) is 0 Å². The smallest absolute Gasteiger partial charge is 0.0334 e. The minimum Gasteiger partial charge on any atom is -0.0988 e. The Morgan fingerprint density at radius 3 is 2.69 bits per heavy atom. The Balaban J connectivity index is 2.43. The van der Waals surface area contributed by atoms with Crippen LogP contribution in [-0.2, 0) is 0 Å². The second kappa shape index (κ2) is 4.13. The molecule has 1 atom stereocenters. The summed E-state index contributed by atoms with van der Waals surface area (Å²) in [6, 6.07) is 0. The van der Waals surface area contributed by atoms with Crippen LogP contribution >= 0.6 is 0 Å². The molecule has 0 spiro atoms. The first-order valence-electron chi connectivity index (χ1n) is 5.76. The van der Waals surface area contributed by atoms with E-state index in [1.165, 1.54) is 22.3 Å². The van der Waals surface area contributed by atoms with Crippen LogP contribution in [0.2, 0.25) is 0 Å². The van der Waals surface area contributed by atoms with Crippen LogP contribution in [0.25, 0.3) is 0 Å². The summed E-state index contributed by atoms with van der Waals surface area (Å²) >= 11 is 0. The van der Waals surface area contributed by atoms with Gasteiger partial charge in [-0.25, -0.2) is 0 Å². The van der Waals surface area contributed by atoms with E-state index in [1.54, 1.807) is 0 Å². The van der Waals surface area contributed by atoms with E-state index >= 15 is 0 Å². The molecule has 0 nitrogen and oxygen atoms in total. The SMILES string of the molecule is C=CC1=CC=CC2=CC(C(C)C)=CC(=C)C12. The van der Waals surface area contributed by atoms with E-state index in [2.05, 4.69) is 57.4 Å². The van der Waals surface area contributed by atoms with Crippen LogP contribution in [0.4, 0.5) is 0 Å². The molecule has 0 saturated carbocycles. The molecule has 2 aliphatic carbocycles. The van der Waals surface area contributed by atoms with Gasteiger partial charge in [-0.05, 0) is 28.2 Å². The van der Waals surface area contributed by atoms with Gasteiger partial charge in [-0.15, -0.1) is 0 Å². The van der Waals surface area contributed by atoms with Gasteiger partial charge in [0, 0.05) is 5.92 Å². The average molecular weight is 210 g/mol. The van der Waals surface area contributed by atoms with Crippen molar-refractivity contribution in [2.75, 3.05) is 0 Å². The summed E-state index contributed by atoms with van der Waals surface area (Å²) in [7, 11) is 0. The Labute approximate surface area is 98.1 Å². The number of hydrogen-bond acceptors (Lipinski definition) is 0. The molecule has 0 radical (unpaired) electrons. The van der Waals surface area contributed by atoms with Gasteiger partial charge in [0.15, 0.2) is 0 Å². The van der Waals surface area contributed by atoms with Crippen molar-refractivity contribution in [2.45, 2.75) is 13.8 Å². The molecule has 0 fully saturated rings. The molecular weight excluding hydrogens is 192 g/mol. The van der Waals surface area contributed by atoms with Gasteiger partial charge in [0.1, 0.15) is 0 Å². The third-order valence-electron chi connectivity index (χ3n) is 3.20. The summed E-state index contributed by atoms with van der Waals surface area (Å²) in [6.07, 6.45) is 12.8. The lowest BCUT2D eigenvalue weighted by Crippen LogP contribution is -2.14. The molecular formula is C16H18. The molecule has 16 heavy (non-hydrogen) atoms. The van der Waals surface area contributed by atoms with E-state index in [1.807, 2.05) is 6.08 Å². The fourth-order valence-corrected chi connectivity index (χ4v) is 2.27. The van der Waals surface area contributed by atoms with Gasteiger partial charge in [-0.3, -0.25) is 0 Å². The van der Waals surface area contributed by atoms with Crippen molar-refractivity contribution in [2.24, 2.45) is 11.8 Å². The van der Waals surface area contributed by atoms with E-state index in [0.29, 0.717) is 11.8 Å². The van der Waals surface area contributed by atoms with Gasteiger partial charge >= 0.3 is 0 Å². The molecule has 2 rings (SSSR count). The Kier molecular flexibility index (Phi) is 2.82. The number of fused-ring (bicyclic) bond motifs is 1. The molecule has 0 amide bonds. The molecule has 0 aromatic carbocycles. The van der Waals surface area contributed by atoms with Crippen molar-refractivity contribution >= 4 is 0 Å². The second-order valence-corrected chi connectivity index (χ2v) is 4.68. The normalized spacial score (nSPS) is 23.6. The van der Waals surface area contributed by atoms with Gasteiger partial charge in [-0.2, -0.15) is 0 Å². The molecule has 0 N–H and O–H groups in total. The molecule has 0 aliphatic heterocycles. The number of rotatable bonds is 2. The first-order chi connectivity index (χ1) is 7.63. The van der Waals surface area contributed by atoms with Crippen LogP contribution in [0, 0.1) is 11.8 Å². The van der Waals surface area contributed by atoms with E-state index in [0.717, 1.165) is 0 Å². The van der Waals surface area contributed by atoms with E-state index in [4.69, 9.17) is 0 Å². The van der Waals surface area contributed by atoms with Crippen molar-refractivity contribution in [3.05, 3.63) is 71.9 Å². The van der Waals surface area contributed by atoms with Crippen molar-refractivity contribution in [3.63, 3.8) is 0 Å². The molecule has 82 valence electrons. The molecule has 0 saturated heterocycles. The molecule has 0 heterocycles. The van der Waals surface area contributed by atoms with E-state index < -0.39 is 0 Å². The van der Waals surface area contributed by atoms with Crippen LogP contribution in [0.5, 0.6) is 0 Å². The minimum absolute atomic E-state index is 0.324. The maximum absolute atomic E-state index is 4.19. The highest BCUT2D eigenvalue weighted by molar-refractivity contribution is 5.56. The molecule has 0 aromatic heterocycles. The van der Waals surface area contributed by atoms with Gasteiger partial charge in [-0.1, -0.05) is 63.5 Å². The zero-order chi connectivity index (χ0) is 11.7. The summed E-state index contributed by atoms with van der Waals surface area (Å²) in [5.74, 6) is 0.877. The third-order valence-corrected chi connectivity index (χ3v) is 3.20.